The first kappa shape index (κ1) is 15.1. The molecule has 21 heavy (non-hydrogen) atoms. The fourth-order valence-electron chi connectivity index (χ4n) is 4.25. The average Bonchev–Trinajstić information content (AvgIpc) is 3.14. The Hall–Kier alpha value is -0.780. The zero-order valence-electron chi connectivity index (χ0n) is 13.0. The van der Waals surface area contributed by atoms with Gasteiger partial charge in [0.05, 0.1) is 11.5 Å². The molecule has 1 saturated carbocycles. The molecule has 5 nitrogen and oxygen atoms in total. The number of nitrogens with one attached hydrogen (secondary N) is 1. The Labute approximate surface area is 128 Å². The van der Waals surface area contributed by atoms with Crippen LogP contribution in [-0.4, -0.2) is 57.5 Å². The van der Waals surface area contributed by atoms with Crippen molar-refractivity contribution in [3.63, 3.8) is 0 Å². The molecule has 1 N–H and O–H groups in total. The van der Waals surface area contributed by atoms with Crippen LogP contribution in [0.1, 0.15) is 38.5 Å². The van der Waals surface area contributed by atoms with E-state index in [9.17, 15) is 8.42 Å². The maximum absolute atomic E-state index is 11.5. The molecule has 3 fully saturated rings. The normalized spacial score (nSPS) is 31.2. The summed E-state index contributed by atoms with van der Waals surface area (Å²) in [5.41, 5.74) is 0.536. The van der Waals surface area contributed by atoms with Gasteiger partial charge in [0.2, 0.25) is 0 Å². The van der Waals surface area contributed by atoms with Crippen molar-refractivity contribution >= 4 is 15.8 Å². The molecular formula is C15H27N3O2S. The first-order valence-corrected chi connectivity index (χ1v) is 10.0. The number of rotatable bonds is 2. The first-order valence-electron chi connectivity index (χ1n) is 8.18. The van der Waals surface area contributed by atoms with Crippen molar-refractivity contribution in [3.05, 3.63) is 0 Å². The van der Waals surface area contributed by atoms with E-state index < -0.39 is 9.84 Å². The summed E-state index contributed by atoms with van der Waals surface area (Å²) in [6, 6.07) is 0. The van der Waals surface area contributed by atoms with Crippen LogP contribution in [0.3, 0.4) is 0 Å². The molecule has 0 amide bonds. The van der Waals surface area contributed by atoms with E-state index in [1.807, 2.05) is 7.05 Å². The summed E-state index contributed by atoms with van der Waals surface area (Å²) >= 11 is 0. The van der Waals surface area contributed by atoms with E-state index in [2.05, 4.69) is 15.2 Å². The molecular weight excluding hydrogens is 286 g/mol. The molecule has 120 valence electrons. The van der Waals surface area contributed by atoms with Gasteiger partial charge >= 0.3 is 0 Å². The molecule has 0 aromatic rings. The minimum absolute atomic E-state index is 0.245. The highest BCUT2D eigenvalue weighted by molar-refractivity contribution is 7.91. The standard InChI is InChI=1S/C15H27N3O2S/c1-16-14(17-10-13-4-9-21(19,20)11-13)18-8-7-15(12-18)5-2-3-6-15/h13H,2-12H2,1H3,(H,16,17). The van der Waals surface area contributed by atoms with E-state index >= 15 is 0 Å². The van der Waals surface area contributed by atoms with Crippen molar-refractivity contribution in [3.8, 4) is 0 Å². The van der Waals surface area contributed by atoms with E-state index in [1.54, 1.807) is 0 Å². The number of aliphatic imine (C=N–C) groups is 1. The van der Waals surface area contributed by atoms with Gasteiger partial charge in [0.1, 0.15) is 0 Å². The predicted octanol–water partition coefficient (Wildman–Crippen LogP) is 1.26. The lowest BCUT2D eigenvalue weighted by atomic mass is 9.86. The second kappa shape index (κ2) is 5.78. The number of hydrogen-bond donors (Lipinski definition) is 1. The molecule has 1 unspecified atom stereocenters. The number of sulfone groups is 1. The summed E-state index contributed by atoms with van der Waals surface area (Å²) in [6.45, 7) is 2.94. The van der Waals surface area contributed by atoms with Crippen LogP contribution < -0.4 is 5.32 Å². The topological polar surface area (TPSA) is 61.8 Å². The van der Waals surface area contributed by atoms with Crippen LogP contribution in [0.4, 0.5) is 0 Å². The van der Waals surface area contributed by atoms with Crippen LogP contribution in [0.5, 0.6) is 0 Å². The van der Waals surface area contributed by atoms with E-state index in [0.29, 0.717) is 16.9 Å². The minimum Gasteiger partial charge on any atom is -0.356 e. The third-order valence-corrected chi connectivity index (χ3v) is 7.33. The molecule has 2 saturated heterocycles. The SMILES string of the molecule is CN=C(NCC1CCS(=O)(=O)C1)N1CCC2(CCCC2)C1. The van der Waals surface area contributed by atoms with Gasteiger partial charge in [-0.1, -0.05) is 12.8 Å². The van der Waals surface area contributed by atoms with Crippen molar-refractivity contribution in [1.82, 2.24) is 10.2 Å². The number of hydrogen-bond acceptors (Lipinski definition) is 3. The summed E-state index contributed by atoms with van der Waals surface area (Å²) in [7, 11) is -0.954. The van der Waals surface area contributed by atoms with E-state index in [0.717, 1.165) is 32.0 Å². The van der Waals surface area contributed by atoms with Gasteiger partial charge < -0.3 is 10.2 Å². The molecule has 3 rings (SSSR count). The molecule has 2 aliphatic heterocycles. The third-order valence-electron chi connectivity index (χ3n) is 5.49. The highest BCUT2D eigenvalue weighted by Gasteiger charge is 2.41. The van der Waals surface area contributed by atoms with Crippen LogP contribution in [-0.2, 0) is 9.84 Å². The molecule has 1 atom stereocenters. The van der Waals surface area contributed by atoms with Crippen LogP contribution >= 0.6 is 0 Å². The Bertz CT molecular complexity index is 509. The van der Waals surface area contributed by atoms with Crippen molar-refractivity contribution < 1.29 is 8.42 Å². The van der Waals surface area contributed by atoms with Gasteiger partial charge in [-0.05, 0) is 37.0 Å². The van der Waals surface area contributed by atoms with Crippen molar-refractivity contribution in [1.29, 1.82) is 0 Å². The van der Waals surface area contributed by atoms with Crippen LogP contribution in [0.2, 0.25) is 0 Å². The monoisotopic (exact) mass is 313 g/mol. The van der Waals surface area contributed by atoms with Gasteiger partial charge in [-0.15, -0.1) is 0 Å². The Morgan fingerprint density at radius 1 is 1.33 bits per heavy atom. The Kier molecular flexibility index (Phi) is 4.17. The molecule has 0 bridgehead atoms. The maximum atomic E-state index is 11.5. The quantitative estimate of drug-likeness (QED) is 0.616. The largest absolute Gasteiger partial charge is 0.356 e. The van der Waals surface area contributed by atoms with E-state index in [-0.39, 0.29) is 5.92 Å². The molecule has 3 aliphatic rings. The van der Waals surface area contributed by atoms with Crippen molar-refractivity contribution in [2.24, 2.45) is 16.3 Å². The fourth-order valence-corrected chi connectivity index (χ4v) is 6.11. The maximum Gasteiger partial charge on any atom is 0.193 e. The average molecular weight is 313 g/mol. The van der Waals surface area contributed by atoms with Gasteiger partial charge in [-0.25, -0.2) is 8.42 Å². The summed E-state index contributed by atoms with van der Waals surface area (Å²) in [5, 5.41) is 3.41. The first-order chi connectivity index (χ1) is 10.0. The van der Waals surface area contributed by atoms with Gasteiger partial charge in [0.25, 0.3) is 0 Å². The van der Waals surface area contributed by atoms with Gasteiger partial charge in [0, 0.05) is 26.7 Å². The summed E-state index contributed by atoms with van der Waals surface area (Å²) < 4.78 is 23.0. The smallest absolute Gasteiger partial charge is 0.193 e. The van der Waals surface area contributed by atoms with Gasteiger partial charge in [-0.3, -0.25) is 4.99 Å². The van der Waals surface area contributed by atoms with Gasteiger partial charge in [-0.2, -0.15) is 0 Å². The molecule has 1 aliphatic carbocycles. The lowest BCUT2D eigenvalue weighted by molar-refractivity contribution is 0.309. The zero-order valence-corrected chi connectivity index (χ0v) is 13.8. The molecule has 0 radical (unpaired) electrons. The second-order valence-electron chi connectivity index (χ2n) is 7.08. The molecule has 0 aromatic carbocycles. The number of likely N-dealkylation sites (tertiary alicyclic amines) is 1. The highest BCUT2D eigenvalue weighted by atomic mass is 32.2. The Morgan fingerprint density at radius 3 is 2.71 bits per heavy atom. The Morgan fingerprint density at radius 2 is 2.10 bits per heavy atom. The number of guanidine groups is 1. The Balaban J connectivity index is 1.52. The fraction of sp³-hybridized carbons (Fsp3) is 0.933. The van der Waals surface area contributed by atoms with E-state index in [4.69, 9.17) is 0 Å². The van der Waals surface area contributed by atoms with Crippen molar-refractivity contribution in [2.45, 2.75) is 38.5 Å². The summed E-state index contributed by atoms with van der Waals surface area (Å²) in [6.07, 6.45) is 7.55. The van der Waals surface area contributed by atoms with E-state index in [1.165, 1.54) is 32.1 Å². The number of nitrogens with zero attached hydrogens (tertiary/aromatic N) is 2. The lowest BCUT2D eigenvalue weighted by Gasteiger charge is -2.26. The molecule has 1 spiro atoms. The minimum atomic E-state index is -2.78. The van der Waals surface area contributed by atoms with Crippen LogP contribution in [0, 0.1) is 11.3 Å². The second-order valence-corrected chi connectivity index (χ2v) is 9.30. The van der Waals surface area contributed by atoms with Gasteiger partial charge in [0.15, 0.2) is 15.8 Å². The molecule has 6 heteroatoms. The molecule has 2 heterocycles. The van der Waals surface area contributed by atoms with Crippen LogP contribution in [0.15, 0.2) is 4.99 Å². The highest BCUT2D eigenvalue weighted by Crippen LogP contribution is 2.45. The third kappa shape index (κ3) is 3.35. The van der Waals surface area contributed by atoms with Crippen molar-refractivity contribution in [2.75, 3.05) is 38.2 Å². The van der Waals surface area contributed by atoms with Crippen LogP contribution in [0.25, 0.3) is 0 Å². The summed E-state index contributed by atoms with van der Waals surface area (Å²) in [4.78, 5) is 6.77. The lowest BCUT2D eigenvalue weighted by Crippen LogP contribution is -2.43. The zero-order chi connectivity index (χ0) is 14.9. The summed E-state index contributed by atoms with van der Waals surface area (Å²) in [5.74, 6) is 1.89. The predicted molar refractivity (Wildman–Crippen MR) is 85.2 cm³/mol. The molecule has 0 aromatic heterocycles.